The van der Waals surface area contributed by atoms with Gasteiger partial charge >= 0.3 is 0 Å². The highest BCUT2D eigenvalue weighted by Crippen LogP contribution is 2.27. The number of ether oxygens (including phenoxy) is 1. The van der Waals surface area contributed by atoms with Crippen molar-refractivity contribution in [3.63, 3.8) is 0 Å². The van der Waals surface area contributed by atoms with E-state index in [1.165, 1.54) is 28.2 Å². The van der Waals surface area contributed by atoms with Crippen molar-refractivity contribution in [2.75, 3.05) is 31.8 Å². The quantitative estimate of drug-likeness (QED) is 0.369. The SMILES string of the molecule is CCN(CC)C(=O)CSc1nnc(SCc2cc(-c3ccc(OC)cc3)no2)n1N. The van der Waals surface area contributed by atoms with Gasteiger partial charge in [-0.1, -0.05) is 28.7 Å². The number of methoxy groups -OCH3 is 1. The third kappa shape index (κ3) is 5.28. The summed E-state index contributed by atoms with van der Waals surface area (Å²) in [5.41, 5.74) is 1.68. The number of benzene rings is 1. The number of nitrogen functional groups attached to an aromatic ring is 1. The van der Waals surface area contributed by atoms with Crippen LogP contribution in [0.4, 0.5) is 0 Å². The van der Waals surface area contributed by atoms with Crippen LogP contribution in [0, 0.1) is 0 Å². The molecular weight excluding hydrogens is 424 g/mol. The lowest BCUT2D eigenvalue weighted by atomic mass is 10.1. The minimum Gasteiger partial charge on any atom is -0.497 e. The average molecular weight is 449 g/mol. The van der Waals surface area contributed by atoms with Gasteiger partial charge in [0, 0.05) is 24.7 Å². The van der Waals surface area contributed by atoms with Gasteiger partial charge in [0.05, 0.1) is 18.6 Å². The van der Waals surface area contributed by atoms with Crippen LogP contribution < -0.4 is 10.6 Å². The zero-order valence-electron chi connectivity index (χ0n) is 17.1. The Morgan fingerprint density at radius 2 is 1.83 bits per heavy atom. The number of rotatable bonds is 10. The second kappa shape index (κ2) is 10.4. The summed E-state index contributed by atoms with van der Waals surface area (Å²) in [6, 6.07) is 9.48. The van der Waals surface area contributed by atoms with Crippen LogP contribution in [0.3, 0.4) is 0 Å². The third-order valence-electron chi connectivity index (χ3n) is 4.36. The van der Waals surface area contributed by atoms with Crippen LogP contribution in [-0.2, 0) is 10.5 Å². The van der Waals surface area contributed by atoms with Crippen molar-refractivity contribution in [2.45, 2.75) is 29.9 Å². The summed E-state index contributed by atoms with van der Waals surface area (Å²) < 4.78 is 12.0. The molecule has 2 N–H and O–H groups in total. The Bertz CT molecular complexity index is 969. The van der Waals surface area contributed by atoms with Crippen molar-refractivity contribution in [1.29, 1.82) is 0 Å². The van der Waals surface area contributed by atoms with Crippen LogP contribution in [0.25, 0.3) is 11.3 Å². The van der Waals surface area contributed by atoms with Crippen LogP contribution in [0.5, 0.6) is 5.75 Å². The topological polar surface area (TPSA) is 112 Å². The van der Waals surface area contributed by atoms with Gasteiger partial charge in [-0.3, -0.25) is 4.79 Å². The molecule has 0 bridgehead atoms. The van der Waals surface area contributed by atoms with Crippen LogP contribution >= 0.6 is 23.5 Å². The normalized spacial score (nSPS) is 10.9. The van der Waals surface area contributed by atoms with Gasteiger partial charge in [0.1, 0.15) is 17.2 Å². The van der Waals surface area contributed by atoms with E-state index in [-0.39, 0.29) is 11.7 Å². The lowest BCUT2D eigenvalue weighted by Gasteiger charge is -2.17. The summed E-state index contributed by atoms with van der Waals surface area (Å²) in [5, 5.41) is 13.3. The number of hydrogen-bond acceptors (Lipinski definition) is 9. The van der Waals surface area contributed by atoms with Crippen LogP contribution in [0.1, 0.15) is 19.6 Å². The van der Waals surface area contributed by atoms with Gasteiger partial charge in [0.2, 0.25) is 16.2 Å². The molecule has 3 rings (SSSR count). The molecule has 2 heterocycles. The van der Waals surface area contributed by atoms with E-state index < -0.39 is 0 Å². The summed E-state index contributed by atoms with van der Waals surface area (Å²) in [5.74, 6) is 8.39. The first-order valence-electron chi connectivity index (χ1n) is 9.39. The standard InChI is InChI=1S/C19H24N6O3S2/c1-4-24(5-2)17(26)12-30-19-22-21-18(25(19)20)29-11-15-10-16(23-28-15)13-6-8-14(27-3)9-7-13/h6-10H,4-5,11-12,20H2,1-3H3. The number of nitrogens with zero attached hydrogens (tertiary/aromatic N) is 5. The molecule has 0 saturated carbocycles. The molecule has 9 nitrogen and oxygen atoms in total. The van der Waals surface area contributed by atoms with E-state index in [2.05, 4.69) is 15.4 Å². The number of amides is 1. The Morgan fingerprint density at radius 1 is 1.17 bits per heavy atom. The molecule has 0 atom stereocenters. The maximum Gasteiger partial charge on any atom is 0.233 e. The number of nitrogens with two attached hydrogens (primary N) is 1. The molecule has 0 radical (unpaired) electrons. The smallest absolute Gasteiger partial charge is 0.233 e. The first kappa shape index (κ1) is 22.0. The Hall–Kier alpha value is -2.66. The highest BCUT2D eigenvalue weighted by atomic mass is 32.2. The van der Waals surface area contributed by atoms with Crippen LogP contribution in [-0.4, -0.2) is 56.8 Å². The fraction of sp³-hybridized carbons (Fsp3) is 0.368. The van der Waals surface area contributed by atoms with E-state index >= 15 is 0 Å². The molecular formula is C19H24N6O3S2. The summed E-state index contributed by atoms with van der Waals surface area (Å²) in [6.45, 7) is 5.27. The minimum absolute atomic E-state index is 0.0509. The molecule has 3 aromatic rings. The van der Waals surface area contributed by atoms with Gasteiger partial charge < -0.3 is 20.0 Å². The van der Waals surface area contributed by atoms with E-state index in [1.54, 1.807) is 12.0 Å². The Labute approximate surface area is 183 Å². The molecule has 1 amide bonds. The summed E-state index contributed by atoms with van der Waals surface area (Å²) >= 11 is 2.66. The maximum atomic E-state index is 12.1. The first-order valence-corrected chi connectivity index (χ1v) is 11.4. The van der Waals surface area contributed by atoms with Gasteiger partial charge in [-0.2, -0.15) is 0 Å². The van der Waals surface area contributed by atoms with Crippen LogP contribution in [0.15, 0.2) is 45.2 Å². The summed E-state index contributed by atoms with van der Waals surface area (Å²) in [6.07, 6.45) is 0. The van der Waals surface area contributed by atoms with Gasteiger partial charge in [-0.25, -0.2) is 4.68 Å². The molecule has 2 aromatic heterocycles. The molecule has 0 aliphatic rings. The molecule has 0 unspecified atom stereocenters. The van der Waals surface area contributed by atoms with Crippen molar-refractivity contribution in [3.05, 3.63) is 36.1 Å². The zero-order chi connectivity index (χ0) is 21.5. The van der Waals surface area contributed by atoms with E-state index in [1.807, 2.05) is 44.2 Å². The second-order valence-electron chi connectivity index (χ2n) is 6.19. The fourth-order valence-electron chi connectivity index (χ4n) is 2.67. The van der Waals surface area contributed by atoms with Gasteiger partial charge in [-0.15, -0.1) is 10.2 Å². The Morgan fingerprint density at radius 3 is 2.47 bits per heavy atom. The van der Waals surface area contributed by atoms with E-state index in [9.17, 15) is 4.79 Å². The van der Waals surface area contributed by atoms with E-state index in [0.717, 1.165) is 17.0 Å². The van der Waals surface area contributed by atoms with Gasteiger partial charge in [0.25, 0.3) is 0 Å². The average Bonchev–Trinajstić information content (AvgIpc) is 3.38. The number of carbonyl (C=O) groups is 1. The van der Waals surface area contributed by atoms with Crippen molar-refractivity contribution in [1.82, 2.24) is 24.9 Å². The molecule has 1 aromatic carbocycles. The first-order chi connectivity index (χ1) is 14.5. The lowest BCUT2D eigenvalue weighted by Crippen LogP contribution is -2.32. The molecule has 0 fully saturated rings. The molecule has 11 heteroatoms. The molecule has 0 aliphatic heterocycles. The van der Waals surface area contributed by atoms with Crippen LogP contribution in [0.2, 0.25) is 0 Å². The summed E-state index contributed by atoms with van der Waals surface area (Å²) in [7, 11) is 1.63. The molecule has 30 heavy (non-hydrogen) atoms. The number of thioether (sulfide) groups is 2. The second-order valence-corrected chi connectivity index (χ2v) is 8.07. The molecule has 0 spiro atoms. The van der Waals surface area contributed by atoms with Crippen molar-refractivity contribution in [2.24, 2.45) is 0 Å². The predicted molar refractivity (Wildman–Crippen MR) is 117 cm³/mol. The van der Waals surface area contributed by atoms with Crippen molar-refractivity contribution >= 4 is 29.4 Å². The zero-order valence-corrected chi connectivity index (χ0v) is 18.7. The Balaban J connectivity index is 1.56. The molecule has 0 saturated heterocycles. The van der Waals surface area contributed by atoms with Gasteiger partial charge in [0.15, 0.2) is 0 Å². The fourth-order valence-corrected chi connectivity index (χ4v) is 4.22. The highest BCUT2D eigenvalue weighted by Gasteiger charge is 2.16. The van der Waals surface area contributed by atoms with E-state index in [4.69, 9.17) is 15.1 Å². The number of carbonyl (C=O) groups excluding carboxylic acids is 1. The highest BCUT2D eigenvalue weighted by molar-refractivity contribution is 8.00. The summed E-state index contributed by atoms with van der Waals surface area (Å²) in [4.78, 5) is 13.9. The minimum atomic E-state index is 0.0509. The monoisotopic (exact) mass is 448 g/mol. The predicted octanol–water partition coefficient (Wildman–Crippen LogP) is 2.91. The Kier molecular flexibility index (Phi) is 7.63. The third-order valence-corrected chi connectivity index (χ3v) is 6.26. The number of hydrogen-bond donors (Lipinski definition) is 1. The largest absolute Gasteiger partial charge is 0.497 e. The van der Waals surface area contributed by atoms with E-state index in [0.29, 0.717) is 34.9 Å². The maximum absolute atomic E-state index is 12.1. The lowest BCUT2D eigenvalue weighted by molar-refractivity contribution is -0.127. The molecule has 0 aliphatic carbocycles. The number of aromatic nitrogens is 4. The van der Waals surface area contributed by atoms with Gasteiger partial charge in [-0.05, 0) is 38.1 Å². The van der Waals surface area contributed by atoms with Crippen molar-refractivity contribution in [3.8, 4) is 17.0 Å². The van der Waals surface area contributed by atoms with Crippen molar-refractivity contribution < 1.29 is 14.1 Å². The molecule has 160 valence electrons.